The predicted molar refractivity (Wildman–Crippen MR) is 123 cm³/mol. The number of aliphatic hydroxyl groups is 2. The third-order valence-electron chi connectivity index (χ3n) is 8.88. The van der Waals surface area contributed by atoms with E-state index in [9.17, 15) is 19.8 Å². The molecule has 33 heavy (non-hydrogen) atoms. The van der Waals surface area contributed by atoms with Gasteiger partial charge in [-0.2, -0.15) is 0 Å². The first-order chi connectivity index (χ1) is 15.8. The van der Waals surface area contributed by atoms with Crippen LogP contribution in [0, 0.1) is 17.3 Å². The molecule has 0 saturated heterocycles. The molecule has 1 aliphatic heterocycles. The summed E-state index contributed by atoms with van der Waals surface area (Å²) in [5.41, 5.74) is 0.317. The van der Waals surface area contributed by atoms with Crippen LogP contribution in [0.3, 0.4) is 0 Å². The first-order valence-electron chi connectivity index (χ1n) is 12.3. The molecule has 2 unspecified atom stereocenters. The van der Waals surface area contributed by atoms with Gasteiger partial charge in [-0.1, -0.05) is 57.0 Å². The molecule has 1 heterocycles. The molecule has 172 valence electrons. The zero-order valence-electron chi connectivity index (χ0n) is 19.1. The van der Waals surface area contributed by atoms with E-state index in [1.165, 1.54) is 0 Å². The van der Waals surface area contributed by atoms with Crippen molar-refractivity contribution >= 4 is 22.3 Å². The zero-order valence-corrected chi connectivity index (χ0v) is 19.1. The van der Waals surface area contributed by atoms with Gasteiger partial charge in [0.15, 0.2) is 5.78 Å². The summed E-state index contributed by atoms with van der Waals surface area (Å²) in [6.07, 6.45) is 1.90. The van der Waals surface area contributed by atoms with E-state index in [4.69, 9.17) is 4.74 Å². The molecule has 0 radical (unpaired) electrons. The van der Waals surface area contributed by atoms with E-state index in [-0.39, 0.29) is 36.2 Å². The molecule has 0 amide bonds. The van der Waals surface area contributed by atoms with Crippen LogP contribution in [0.5, 0.6) is 0 Å². The van der Waals surface area contributed by atoms with Gasteiger partial charge in [0, 0.05) is 37.2 Å². The van der Waals surface area contributed by atoms with Crippen LogP contribution in [0.2, 0.25) is 0 Å². The van der Waals surface area contributed by atoms with Crippen LogP contribution in [0.15, 0.2) is 47.7 Å². The Morgan fingerprint density at radius 3 is 2.30 bits per heavy atom. The van der Waals surface area contributed by atoms with Gasteiger partial charge in [0.1, 0.15) is 17.0 Å². The first kappa shape index (κ1) is 21.1. The molecular weight excluding hydrogens is 416 g/mol. The fraction of sp³-hybridized carbons (Fsp3) is 0.500. The number of fused-ring (bicyclic) bond motifs is 4. The standard InChI is InChI=1S/C28H30O5/c1-3-15-9-21(29)24-22(10-15)33-27(32)14-16(4-2)11-23(30)28(27)25(24)19-12-17-7-5-6-8-18(17)13-20(19)26(28)31/h5-8,12-13,15-16,25-26,31-32H,3-4,9-11,14H2,1-2H3/t15?,16?,25-,26+,27+,28+/m1/s1. The molecule has 1 saturated carbocycles. The van der Waals surface area contributed by atoms with Gasteiger partial charge in [-0.05, 0) is 39.8 Å². The van der Waals surface area contributed by atoms with Crippen LogP contribution in [0.25, 0.3) is 10.8 Å². The number of hydrogen-bond donors (Lipinski definition) is 2. The van der Waals surface area contributed by atoms with Crippen molar-refractivity contribution in [1.29, 1.82) is 0 Å². The summed E-state index contributed by atoms with van der Waals surface area (Å²) in [5.74, 6) is -2.07. The molecule has 2 aromatic rings. The van der Waals surface area contributed by atoms with E-state index in [1.54, 1.807) is 0 Å². The summed E-state index contributed by atoms with van der Waals surface area (Å²) in [4.78, 5) is 27.5. The number of ketones is 2. The summed E-state index contributed by atoms with van der Waals surface area (Å²) in [6.45, 7) is 4.07. The molecule has 0 bridgehead atoms. The Morgan fingerprint density at radius 1 is 0.970 bits per heavy atom. The zero-order chi connectivity index (χ0) is 23.1. The Morgan fingerprint density at radius 2 is 1.64 bits per heavy atom. The second-order valence-corrected chi connectivity index (χ2v) is 10.5. The number of allylic oxidation sites excluding steroid dienone is 2. The Labute approximate surface area is 193 Å². The van der Waals surface area contributed by atoms with E-state index in [0.29, 0.717) is 29.7 Å². The van der Waals surface area contributed by atoms with E-state index in [1.807, 2.05) is 43.3 Å². The van der Waals surface area contributed by atoms with Crippen LogP contribution >= 0.6 is 0 Å². The van der Waals surface area contributed by atoms with Crippen molar-refractivity contribution in [2.45, 2.75) is 70.2 Å². The maximum absolute atomic E-state index is 13.9. The molecule has 2 aromatic carbocycles. The third kappa shape index (κ3) is 2.55. The number of rotatable bonds is 2. The maximum atomic E-state index is 13.9. The topological polar surface area (TPSA) is 83.8 Å². The Kier molecular flexibility index (Phi) is 4.47. The van der Waals surface area contributed by atoms with E-state index >= 15 is 0 Å². The minimum atomic E-state index is -1.84. The van der Waals surface area contributed by atoms with Crippen LogP contribution in [0.1, 0.15) is 75.5 Å². The highest BCUT2D eigenvalue weighted by molar-refractivity contribution is 6.03. The predicted octanol–water partition coefficient (Wildman–Crippen LogP) is 4.71. The average molecular weight is 447 g/mol. The van der Waals surface area contributed by atoms with Crippen molar-refractivity contribution in [3.8, 4) is 0 Å². The van der Waals surface area contributed by atoms with E-state index < -0.39 is 23.2 Å². The number of ether oxygens (including phenoxy) is 1. The second-order valence-electron chi connectivity index (χ2n) is 10.5. The Balaban J connectivity index is 1.66. The maximum Gasteiger partial charge on any atom is 0.224 e. The second kappa shape index (κ2) is 7.00. The van der Waals surface area contributed by atoms with Crippen molar-refractivity contribution in [1.82, 2.24) is 0 Å². The van der Waals surface area contributed by atoms with Gasteiger partial charge in [-0.3, -0.25) is 9.59 Å². The van der Waals surface area contributed by atoms with Gasteiger partial charge in [0.25, 0.3) is 0 Å². The highest BCUT2D eigenvalue weighted by atomic mass is 16.6. The normalized spacial score (nSPS) is 37.3. The largest absolute Gasteiger partial charge is 0.465 e. The lowest BCUT2D eigenvalue weighted by atomic mass is 9.54. The molecule has 0 aromatic heterocycles. The minimum Gasteiger partial charge on any atom is -0.465 e. The quantitative estimate of drug-likeness (QED) is 0.698. The number of aliphatic hydroxyl groups excluding tert-OH is 1. The summed E-state index contributed by atoms with van der Waals surface area (Å²) >= 11 is 0. The summed E-state index contributed by atoms with van der Waals surface area (Å²) in [5, 5.41) is 25.9. The fourth-order valence-electron chi connectivity index (χ4n) is 7.13. The highest BCUT2D eigenvalue weighted by Gasteiger charge is 2.75. The molecule has 4 aliphatic rings. The number of carbonyl (C=O) groups is 2. The Hall–Kier alpha value is -2.50. The summed E-state index contributed by atoms with van der Waals surface area (Å²) in [6, 6.07) is 11.8. The molecule has 5 heteroatoms. The highest BCUT2D eigenvalue weighted by Crippen LogP contribution is 2.70. The molecular formula is C28H30O5. The molecule has 3 aliphatic carbocycles. The number of Topliss-reactive ketones (excluding diaryl/α,β-unsaturated/α-hetero) is 2. The molecule has 6 atom stereocenters. The molecule has 6 rings (SSSR count). The molecule has 1 spiro atoms. The minimum absolute atomic E-state index is 0.0202. The number of benzene rings is 2. The van der Waals surface area contributed by atoms with Crippen molar-refractivity contribution in [3.05, 3.63) is 58.9 Å². The van der Waals surface area contributed by atoms with Gasteiger partial charge in [-0.15, -0.1) is 0 Å². The molecule has 5 nitrogen and oxygen atoms in total. The third-order valence-corrected chi connectivity index (χ3v) is 8.88. The molecule has 1 fully saturated rings. The van der Waals surface area contributed by atoms with Crippen molar-refractivity contribution in [2.75, 3.05) is 0 Å². The van der Waals surface area contributed by atoms with Crippen molar-refractivity contribution in [3.63, 3.8) is 0 Å². The lowest BCUT2D eigenvalue weighted by molar-refractivity contribution is -0.298. The average Bonchev–Trinajstić information content (AvgIpc) is 3.05. The van der Waals surface area contributed by atoms with Crippen LogP contribution < -0.4 is 0 Å². The first-order valence-corrected chi connectivity index (χ1v) is 12.3. The Bertz CT molecular complexity index is 1230. The lowest BCUT2D eigenvalue weighted by Gasteiger charge is -2.56. The van der Waals surface area contributed by atoms with Crippen LogP contribution in [0.4, 0.5) is 0 Å². The number of hydrogen-bond acceptors (Lipinski definition) is 5. The van der Waals surface area contributed by atoms with Gasteiger partial charge < -0.3 is 14.9 Å². The van der Waals surface area contributed by atoms with Gasteiger partial charge >= 0.3 is 0 Å². The van der Waals surface area contributed by atoms with Crippen molar-refractivity contribution in [2.24, 2.45) is 17.3 Å². The lowest BCUT2D eigenvalue weighted by Crippen LogP contribution is -2.65. The van der Waals surface area contributed by atoms with Crippen LogP contribution in [-0.4, -0.2) is 27.6 Å². The monoisotopic (exact) mass is 446 g/mol. The number of carbonyl (C=O) groups excluding carboxylic acids is 2. The van der Waals surface area contributed by atoms with E-state index in [2.05, 4.69) is 6.92 Å². The van der Waals surface area contributed by atoms with Crippen LogP contribution in [-0.2, 0) is 14.3 Å². The van der Waals surface area contributed by atoms with Gasteiger partial charge in [0.2, 0.25) is 5.79 Å². The van der Waals surface area contributed by atoms with E-state index in [0.717, 1.165) is 29.2 Å². The summed E-state index contributed by atoms with van der Waals surface area (Å²) < 4.78 is 6.32. The van der Waals surface area contributed by atoms with Gasteiger partial charge in [0.05, 0.1) is 6.10 Å². The SMILES string of the molecule is CCC1CC(=O)C2=C(C1)O[C@@]1(O)CC(CC)CC(=O)[C@]13[C@@H](O)c1cc4ccccc4cc1[C@H]23. The summed E-state index contributed by atoms with van der Waals surface area (Å²) in [7, 11) is 0. The molecule has 2 N–H and O–H groups in total. The smallest absolute Gasteiger partial charge is 0.224 e. The van der Waals surface area contributed by atoms with Gasteiger partial charge in [-0.25, -0.2) is 0 Å². The fourth-order valence-corrected chi connectivity index (χ4v) is 7.13. The van der Waals surface area contributed by atoms with Crippen molar-refractivity contribution < 1.29 is 24.5 Å².